The van der Waals surface area contributed by atoms with Crippen LogP contribution in [0.4, 0.5) is 0 Å². The quantitative estimate of drug-likeness (QED) is 0.841. The number of benzene rings is 1. The molecule has 0 aliphatic carbocycles. The summed E-state index contributed by atoms with van der Waals surface area (Å²) in [5.74, 6) is 0.0999. The van der Waals surface area contributed by atoms with Crippen molar-refractivity contribution in [2.75, 3.05) is 6.54 Å². The second-order valence-electron chi connectivity index (χ2n) is 5.23. The van der Waals surface area contributed by atoms with E-state index < -0.39 is 0 Å². The van der Waals surface area contributed by atoms with Crippen molar-refractivity contribution in [3.8, 4) is 6.07 Å². The second kappa shape index (κ2) is 6.91. The summed E-state index contributed by atoms with van der Waals surface area (Å²) in [5.41, 5.74) is 2.39. The van der Waals surface area contributed by atoms with E-state index in [1.807, 2.05) is 18.2 Å². The van der Waals surface area contributed by atoms with E-state index >= 15 is 0 Å². The minimum absolute atomic E-state index is 0.0999. The van der Waals surface area contributed by atoms with Gasteiger partial charge in [-0.15, -0.1) is 0 Å². The Morgan fingerprint density at radius 3 is 3.15 bits per heavy atom. The van der Waals surface area contributed by atoms with E-state index in [1.54, 1.807) is 4.90 Å². The van der Waals surface area contributed by atoms with E-state index in [0.29, 0.717) is 6.42 Å². The summed E-state index contributed by atoms with van der Waals surface area (Å²) < 4.78 is 0. The molecule has 1 amide bonds. The van der Waals surface area contributed by atoms with Crippen LogP contribution in [0, 0.1) is 18.3 Å². The Bertz CT molecular complexity index is 542. The number of likely N-dealkylation sites (tertiary alicyclic amines) is 1. The number of carbonyl (C=O) groups excluding carboxylic acids is 1. The molecule has 1 saturated heterocycles. The maximum Gasteiger partial charge on any atom is 0.223 e. The lowest BCUT2D eigenvalue weighted by molar-refractivity contribution is -0.131. The average Bonchev–Trinajstić information content (AvgIpc) is 2.92. The summed E-state index contributed by atoms with van der Waals surface area (Å²) in [4.78, 5) is 13.7. The molecule has 0 aromatic heterocycles. The summed E-state index contributed by atoms with van der Waals surface area (Å²) >= 11 is 0. The SMILES string of the molecule is Cc1cccc(C=CCCC(=O)N2CCCC2C#N)c1. The average molecular weight is 268 g/mol. The van der Waals surface area contributed by atoms with Crippen LogP contribution in [0.25, 0.3) is 6.08 Å². The van der Waals surface area contributed by atoms with Crippen molar-refractivity contribution in [2.45, 2.75) is 38.6 Å². The molecule has 1 fully saturated rings. The van der Waals surface area contributed by atoms with Crippen LogP contribution in [0.15, 0.2) is 30.3 Å². The van der Waals surface area contributed by atoms with E-state index in [4.69, 9.17) is 5.26 Å². The van der Waals surface area contributed by atoms with Gasteiger partial charge in [0, 0.05) is 13.0 Å². The highest BCUT2D eigenvalue weighted by Gasteiger charge is 2.27. The van der Waals surface area contributed by atoms with Crippen molar-refractivity contribution in [2.24, 2.45) is 0 Å². The van der Waals surface area contributed by atoms with Crippen LogP contribution in [0.1, 0.15) is 36.8 Å². The van der Waals surface area contributed by atoms with Gasteiger partial charge in [-0.1, -0.05) is 42.0 Å². The lowest BCUT2D eigenvalue weighted by Gasteiger charge is -2.18. The van der Waals surface area contributed by atoms with Crippen molar-refractivity contribution in [1.29, 1.82) is 5.26 Å². The Kier molecular flexibility index (Phi) is 4.95. The van der Waals surface area contributed by atoms with Crippen LogP contribution in [0.2, 0.25) is 0 Å². The van der Waals surface area contributed by atoms with E-state index in [-0.39, 0.29) is 11.9 Å². The van der Waals surface area contributed by atoms with Crippen LogP contribution in [0.3, 0.4) is 0 Å². The molecule has 1 unspecified atom stereocenters. The van der Waals surface area contributed by atoms with Crippen molar-refractivity contribution in [3.63, 3.8) is 0 Å². The molecule has 3 nitrogen and oxygen atoms in total. The lowest BCUT2D eigenvalue weighted by Crippen LogP contribution is -2.34. The Hall–Kier alpha value is -2.08. The Morgan fingerprint density at radius 2 is 2.40 bits per heavy atom. The van der Waals surface area contributed by atoms with Gasteiger partial charge >= 0.3 is 0 Å². The predicted molar refractivity (Wildman–Crippen MR) is 79.8 cm³/mol. The number of aryl methyl sites for hydroxylation is 1. The van der Waals surface area contributed by atoms with Crippen molar-refractivity contribution < 1.29 is 4.79 Å². The molecule has 1 aliphatic rings. The zero-order chi connectivity index (χ0) is 14.4. The normalized spacial score (nSPS) is 18.4. The van der Waals surface area contributed by atoms with Crippen molar-refractivity contribution >= 4 is 12.0 Å². The molecular formula is C17H20N2O. The molecule has 0 bridgehead atoms. The van der Waals surface area contributed by atoms with Crippen LogP contribution in [-0.4, -0.2) is 23.4 Å². The number of carbonyl (C=O) groups is 1. The van der Waals surface area contributed by atoms with Gasteiger partial charge in [0.25, 0.3) is 0 Å². The van der Waals surface area contributed by atoms with Crippen LogP contribution < -0.4 is 0 Å². The highest BCUT2D eigenvalue weighted by molar-refractivity contribution is 5.77. The third-order valence-corrected chi connectivity index (χ3v) is 3.60. The predicted octanol–water partition coefficient (Wildman–Crippen LogP) is 3.30. The number of amides is 1. The summed E-state index contributed by atoms with van der Waals surface area (Å²) in [6, 6.07) is 10.3. The third kappa shape index (κ3) is 3.71. The molecule has 0 saturated carbocycles. The topological polar surface area (TPSA) is 44.1 Å². The molecule has 1 heterocycles. The molecule has 1 atom stereocenters. The van der Waals surface area contributed by atoms with Gasteiger partial charge in [0.05, 0.1) is 6.07 Å². The molecule has 0 radical (unpaired) electrons. The number of nitrogens with zero attached hydrogens (tertiary/aromatic N) is 2. The monoisotopic (exact) mass is 268 g/mol. The fraction of sp³-hybridized carbons (Fsp3) is 0.412. The minimum Gasteiger partial charge on any atom is -0.327 e. The number of allylic oxidation sites excluding steroid dienone is 1. The first-order valence-electron chi connectivity index (χ1n) is 7.13. The highest BCUT2D eigenvalue weighted by Crippen LogP contribution is 2.18. The highest BCUT2D eigenvalue weighted by atomic mass is 16.2. The smallest absolute Gasteiger partial charge is 0.223 e. The summed E-state index contributed by atoms with van der Waals surface area (Å²) in [5, 5.41) is 8.97. The summed E-state index contributed by atoms with van der Waals surface area (Å²) in [6.45, 7) is 2.80. The molecule has 0 N–H and O–H groups in total. The maximum absolute atomic E-state index is 12.0. The van der Waals surface area contributed by atoms with Crippen LogP contribution in [-0.2, 0) is 4.79 Å². The Labute approximate surface area is 120 Å². The molecular weight excluding hydrogens is 248 g/mol. The Balaban J connectivity index is 1.81. The van der Waals surface area contributed by atoms with Crippen molar-refractivity contribution in [1.82, 2.24) is 4.90 Å². The van der Waals surface area contributed by atoms with E-state index in [9.17, 15) is 4.79 Å². The minimum atomic E-state index is -0.205. The first-order valence-corrected chi connectivity index (χ1v) is 7.13. The van der Waals surface area contributed by atoms with E-state index in [1.165, 1.54) is 5.56 Å². The zero-order valence-electron chi connectivity index (χ0n) is 11.9. The van der Waals surface area contributed by atoms with Gasteiger partial charge in [-0.25, -0.2) is 0 Å². The molecule has 104 valence electrons. The zero-order valence-corrected chi connectivity index (χ0v) is 11.9. The van der Waals surface area contributed by atoms with Gasteiger partial charge in [0.2, 0.25) is 5.91 Å². The number of hydrogen-bond acceptors (Lipinski definition) is 2. The summed E-state index contributed by atoms with van der Waals surface area (Å²) in [6.07, 6.45) is 7.06. The maximum atomic E-state index is 12.0. The molecule has 3 heteroatoms. The molecule has 20 heavy (non-hydrogen) atoms. The van der Waals surface area contributed by atoms with Crippen molar-refractivity contribution in [3.05, 3.63) is 41.5 Å². The standard InChI is InChI=1S/C17H20N2O/c1-14-6-4-8-15(12-14)7-2-3-10-17(20)19-11-5-9-16(19)13-18/h2,4,6-8,12,16H,3,5,9-11H2,1H3. The van der Waals surface area contributed by atoms with Gasteiger partial charge < -0.3 is 4.90 Å². The molecule has 1 aliphatic heterocycles. The summed E-state index contributed by atoms with van der Waals surface area (Å²) in [7, 11) is 0. The van der Waals surface area contributed by atoms with E-state index in [2.05, 4.69) is 31.2 Å². The second-order valence-corrected chi connectivity index (χ2v) is 5.23. The van der Waals surface area contributed by atoms with Gasteiger partial charge in [0.15, 0.2) is 0 Å². The number of hydrogen-bond donors (Lipinski definition) is 0. The largest absolute Gasteiger partial charge is 0.327 e. The van der Waals surface area contributed by atoms with Gasteiger partial charge in [0.1, 0.15) is 6.04 Å². The molecule has 2 rings (SSSR count). The fourth-order valence-electron chi connectivity index (χ4n) is 2.54. The van der Waals surface area contributed by atoms with Crippen LogP contribution in [0.5, 0.6) is 0 Å². The Morgan fingerprint density at radius 1 is 1.55 bits per heavy atom. The van der Waals surface area contributed by atoms with Gasteiger partial charge in [-0.05, 0) is 31.7 Å². The first-order chi connectivity index (χ1) is 9.70. The van der Waals surface area contributed by atoms with E-state index in [0.717, 1.165) is 31.4 Å². The number of rotatable bonds is 4. The lowest BCUT2D eigenvalue weighted by atomic mass is 10.1. The third-order valence-electron chi connectivity index (χ3n) is 3.60. The van der Waals surface area contributed by atoms with Crippen LogP contribution >= 0.6 is 0 Å². The fourth-order valence-corrected chi connectivity index (χ4v) is 2.54. The number of nitriles is 1. The molecule has 1 aromatic rings. The first kappa shape index (κ1) is 14.3. The van der Waals surface area contributed by atoms with Gasteiger partial charge in [-0.2, -0.15) is 5.26 Å². The van der Waals surface area contributed by atoms with Gasteiger partial charge in [-0.3, -0.25) is 4.79 Å². The molecule has 1 aromatic carbocycles. The molecule has 0 spiro atoms.